The maximum Gasteiger partial charge on any atom is 0.171 e. The molecule has 4 N–H and O–H groups in total. The van der Waals surface area contributed by atoms with Gasteiger partial charge in [-0.25, -0.2) is 0 Å². The Morgan fingerprint density at radius 1 is 0.923 bits per heavy atom. The first-order chi connectivity index (χ1) is 6.09. The lowest BCUT2D eigenvalue weighted by Crippen LogP contribution is -1.99. The molecule has 0 fully saturated rings. The molecule has 0 atom stereocenters. The number of fused-ring (bicyclic) bond motifs is 1. The van der Waals surface area contributed by atoms with Gasteiger partial charge in [0.15, 0.2) is 11.6 Å². The van der Waals surface area contributed by atoms with Crippen LogP contribution in [0.4, 0.5) is 11.4 Å². The Hall–Kier alpha value is -1.84. The smallest absolute Gasteiger partial charge is 0.171 e. The molecule has 13 heavy (non-hydrogen) atoms. The number of carbonyl (C=O) groups is 2. The molecule has 2 rings (SSSR count). The summed E-state index contributed by atoms with van der Waals surface area (Å²) >= 11 is 0. The van der Waals surface area contributed by atoms with Crippen molar-refractivity contribution in [3.8, 4) is 0 Å². The van der Waals surface area contributed by atoms with Gasteiger partial charge in [-0.2, -0.15) is 0 Å². The number of nitrogen functional groups attached to an aromatic ring is 2. The van der Waals surface area contributed by atoms with Gasteiger partial charge in [-0.05, 0) is 12.1 Å². The lowest BCUT2D eigenvalue weighted by molar-refractivity contribution is 0.0923. The maximum absolute atomic E-state index is 11.2. The fourth-order valence-electron chi connectivity index (χ4n) is 1.43. The Morgan fingerprint density at radius 2 is 1.31 bits per heavy atom. The van der Waals surface area contributed by atoms with E-state index in [9.17, 15) is 9.59 Å². The summed E-state index contributed by atoms with van der Waals surface area (Å²) in [7, 11) is 0. The minimum atomic E-state index is -0.174. The highest BCUT2D eigenvalue weighted by molar-refractivity contribution is 6.25. The molecule has 0 saturated carbocycles. The highest BCUT2D eigenvalue weighted by Gasteiger charge is 2.27. The van der Waals surface area contributed by atoms with Crippen LogP contribution in [-0.2, 0) is 0 Å². The van der Waals surface area contributed by atoms with Crippen LogP contribution in [0.3, 0.4) is 0 Å². The highest BCUT2D eigenvalue weighted by Crippen LogP contribution is 2.28. The van der Waals surface area contributed by atoms with E-state index in [-0.39, 0.29) is 18.0 Å². The standard InChI is InChI=1S/C9H8N2O2/c10-6-1-4-5(2-7(6)11)9(13)3-8(4)12/h1-2H,3,10-11H2. The third-order valence-electron chi connectivity index (χ3n) is 2.15. The normalized spacial score (nSPS) is 14.8. The number of rotatable bonds is 0. The number of hydrogen-bond donors (Lipinski definition) is 2. The lowest BCUT2D eigenvalue weighted by atomic mass is 10.1. The predicted octanol–water partition coefficient (Wildman–Crippen LogP) is 0.620. The Labute approximate surface area is 74.5 Å². The summed E-state index contributed by atoms with van der Waals surface area (Å²) in [5.74, 6) is -0.349. The largest absolute Gasteiger partial charge is 0.397 e. The van der Waals surface area contributed by atoms with Crippen molar-refractivity contribution in [3.05, 3.63) is 23.3 Å². The molecule has 0 aliphatic heterocycles. The first-order valence-electron chi connectivity index (χ1n) is 3.85. The molecule has 1 aromatic rings. The molecular formula is C9H8N2O2. The second-order valence-corrected chi connectivity index (χ2v) is 3.05. The molecule has 0 bridgehead atoms. The predicted molar refractivity (Wildman–Crippen MR) is 48.5 cm³/mol. The van der Waals surface area contributed by atoms with Gasteiger partial charge in [-0.1, -0.05) is 0 Å². The molecule has 0 unspecified atom stereocenters. The lowest BCUT2D eigenvalue weighted by Gasteiger charge is -2.02. The van der Waals surface area contributed by atoms with E-state index in [0.29, 0.717) is 22.5 Å². The number of anilines is 2. The average Bonchev–Trinajstić information content (AvgIpc) is 2.31. The maximum atomic E-state index is 11.2. The van der Waals surface area contributed by atoms with Crippen LogP contribution < -0.4 is 11.5 Å². The minimum Gasteiger partial charge on any atom is -0.397 e. The van der Waals surface area contributed by atoms with Gasteiger partial charge in [0.05, 0.1) is 17.8 Å². The van der Waals surface area contributed by atoms with Crippen LogP contribution in [0.25, 0.3) is 0 Å². The van der Waals surface area contributed by atoms with Crippen molar-refractivity contribution in [3.63, 3.8) is 0 Å². The van der Waals surface area contributed by atoms with Crippen LogP contribution in [0, 0.1) is 0 Å². The van der Waals surface area contributed by atoms with Crippen LogP contribution in [0.2, 0.25) is 0 Å². The van der Waals surface area contributed by atoms with Gasteiger partial charge < -0.3 is 11.5 Å². The van der Waals surface area contributed by atoms with Crippen LogP contribution >= 0.6 is 0 Å². The molecule has 0 amide bonds. The Kier molecular flexibility index (Phi) is 1.39. The van der Waals surface area contributed by atoms with E-state index in [1.54, 1.807) is 0 Å². The molecule has 4 nitrogen and oxygen atoms in total. The third-order valence-corrected chi connectivity index (χ3v) is 2.15. The highest BCUT2D eigenvalue weighted by atomic mass is 16.2. The first-order valence-corrected chi connectivity index (χ1v) is 3.85. The molecule has 0 spiro atoms. The zero-order valence-corrected chi connectivity index (χ0v) is 6.83. The molecule has 66 valence electrons. The van der Waals surface area contributed by atoms with E-state index in [1.165, 1.54) is 12.1 Å². The van der Waals surface area contributed by atoms with Crippen molar-refractivity contribution in [1.29, 1.82) is 0 Å². The number of benzene rings is 1. The molecule has 1 aliphatic carbocycles. The molecule has 0 aromatic heterocycles. The zero-order valence-electron chi connectivity index (χ0n) is 6.83. The second-order valence-electron chi connectivity index (χ2n) is 3.05. The second kappa shape index (κ2) is 2.32. The summed E-state index contributed by atoms with van der Waals surface area (Å²) in [6.07, 6.45) is -0.0573. The fourth-order valence-corrected chi connectivity index (χ4v) is 1.43. The van der Waals surface area contributed by atoms with E-state index >= 15 is 0 Å². The van der Waals surface area contributed by atoms with Crippen LogP contribution in [0.15, 0.2) is 12.1 Å². The molecule has 0 saturated heterocycles. The Balaban J connectivity index is 2.72. The van der Waals surface area contributed by atoms with Gasteiger partial charge >= 0.3 is 0 Å². The molecule has 1 aliphatic rings. The Morgan fingerprint density at radius 3 is 1.69 bits per heavy atom. The number of nitrogens with two attached hydrogens (primary N) is 2. The quantitative estimate of drug-likeness (QED) is 0.448. The van der Waals surface area contributed by atoms with Crippen LogP contribution in [0.1, 0.15) is 27.1 Å². The number of Topliss-reactive ketones (excluding diaryl/α,β-unsaturated/α-hetero) is 2. The summed E-state index contributed by atoms with van der Waals surface area (Å²) < 4.78 is 0. The van der Waals surface area contributed by atoms with E-state index in [0.717, 1.165) is 0 Å². The first kappa shape index (κ1) is 7.79. The average molecular weight is 176 g/mol. The van der Waals surface area contributed by atoms with Crippen LogP contribution in [0.5, 0.6) is 0 Å². The van der Waals surface area contributed by atoms with Gasteiger partial charge in [0, 0.05) is 11.1 Å². The summed E-state index contributed by atoms with van der Waals surface area (Å²) in [6, 6.07) is 2.94. The third kappa shape index (κ3) is 0.989. The van der Waals surface area contributed by atoms with Crippen molar-refractivity contribution in [2.75, 3.05) is 11.5 Å². The Bertz CT molecular complexity index is 385. The molecule has 0 heterocycles. The van der Waals surface area contributed by atoms with Crippen LogP contribution in [-0.4, -0.2) is 11.6 Å². The van der Waals surface area contributed by atoms with Crippen molar-refractivity contribution < 1.29 is 9.59 Å². The van der Waals surface area contributed by atoms with Gasteiger partial charge in [0.25, 0.3) is 0 Å². The molecule has 4 heteroatoms. The SMILES string of the molecule is Nc1cc2c(cc1N)C(=O)CC2=O. The summed E-state index contributed by atoms with van der Waals surface area (Å²) in [6.45, 7) is 0. The van der Waals surface area contributed by atoms with E-state index < -0.39 is 0 Å². The topological polar surface area (TPSA) is 86.2 Å². The van der Waals surface area contributed by atoms with E-state index in [1.807, 2.05) is 0 Å². The number of hydrogen-bond acceptors (Lipinski definition) is 4. The van der Waals surface area contributed by atoms with Crippen molar-refractivity contribution >= 4 is 22.9 Å². The zero-order chi connectivity index (χ0) is 9.59. The minimum absolute atomic E-state index is 0.0573. The molecule has 0 radical (unpaired) electrons. The molecular weight excluding hydrogens is 168 g/mol. The number of ketones is 2. The summed E-state index contributed by atoms with van der Waals surface area (Å²) in [5.41, 5.74) is 12.5. The van der Waals surface area contributed by atoms with Gasteiger partial charge in [-0.15, -0.1) is 0 Å². The van der Waals surface area contributed by atoms with Gasteiger partial charge in [0.2, 0.25) is 0 Å². The molecule has 1 aromatic carbocycles. The fraction of sp³-hybridized carbons (Fsp3) is 0.111. The summed E-state index contributed by atoms with van der Waals surface area (Å²) in [4.78, 5) is 22.4. The summed E-state index contributed by atoms with van der Waals surface area (Å²) in [5, 5.41) is 0. The van der Waals surface area contributed by atoms with E-state index in [4.69, 9.17) is 11.5 Å². The van der Waals surface area contributed by atoms with Crippen molar-refractivity contribution in [1.82, 2.24) is 0 Å². The van der Waals surface area contributed by atoms with Crippen molar-refractivity contribution in [2.45, 2.75) is 6.42 Å². The van der Waals surface area contributed by atoms with Gasteiger partial charge in [-0.3, -0.25) is 9.59 Å². The number of carbonyl (C=O) groups excluding carboxylic acids is 2. The monoisotopic (exact) mass is 176 g/mol. The van der Waals surface area contributed by atoms with Crippen molar-refractivity contribution in [2.24, 2.45) is 0 Å². The van der Waals surface area contributed by atoms with E-state index in [2.05, 4.69) is 0 Å². The van der Waals surface area contributed by atoms with Gasteiger partial charge in [0.1, 0.15) is 0 Å².